The Kier molecular flexibility index (Phi) is 5.76. The first kappa shape index (κ1) is 19.4. The van der Waals surface area contributed by atoms with Gasteiger partial charge in [-0.15, -0.1) is 0 Å². The number of carbonyl (C=O) groups is 1. The zero-order valence-electron chi connectivity index (χ0n) is 17.0. The van der Waals surface area contributed by atoms with E-state index in [2.05, 4.69) is 28.3 Å². The Bertz CT molecular complexity index is 1000. The molecule has 1 atom stereocenters. The topological polar surface area (TPSA) is 72.3 Å². The number of benzene rings is 1. The second-order valence-corrected chi connectivity index (χ2v) is 7.42. The normalized spacial score (nSPS) is 17.0. The number of pyridine rings is 1. The molecule has 3 aromatic rings. The number of hydrogen-bond acceptors (Lipinski definition) is 5. The lowest BCUT2D eigenvalue weighted by Gasteiger charge is -2.10. The van der Waals surface area contributed by atoms with E-state index in [1.807, 2.05) is 35.9 Å². The maximum Gasteiger partial charge on any atom is 0.255 e. The minimum Gasteiger partial charge on any atom is -0.493 e. The van der Waals surface area contributed by atoms with Gasteiger partial charge in [0.1, 0.15) is 5.75 Å². The van der Waals surface area contributed by atoms with Gasteiger partial charge >= 0.3 is 0 Å². The van der Waals surface area contributed by atoms with Gasteiger partial charge in [0.05, 0.1) is 24.4 Å². The van der Waals surface area contributed by atoms with E-state index >= 15 is 0 Å². The number of amides is 1. The molecule has 2 aromatic heterocycles. The van der Waals surface area contributed by atoms with Gasteiger partial charge in [0.15, 0.2) is 5.65 Å². The van der Waals surface area contributed by atoms with Crippen molar-refractivity contribution in [3.8, 4) is 5.75 Å². The smallest absolute Gasteiger partial charge is 0.255 e. The molecule has 1 fully saturated rings. The highest BCUT2D eigenvalue weighted by molar-refractivity contribution is 5.96. The Labute approximate surface area is 170 Å². The predicted molar refractivity (Wildman–Crippen MR) is 112 cm³/mol. The number of nitrogens with zero attached hydrogens (tertiary/aromatic N) is 4. The fourth-order valence-corrected chi connectivity index (χ4v) is 3.96. The molecule has 29 heavy (non-hydrogen) atoms. The molecule has 3 heterocycles. The molecule has 1 N–H and O–H groups in total. The molecule has 7 nitrogen and oxygen atoms in total. The molecule has 0 aliphatic carbocycles. The third kappa shape index (κ3) is 4.10. The van der Waals surface area contributed by atoms with Crippen LogP contribution >= 0.6 is 0 Å². The van der Waals surface area contributed by atoms with Crippen LogP contribution in [-0.2, 0) is 6.54 Å². The SMILES string of the molecule is CCOc1ccccc1C(=O)NCCn1nc(C2CCN(C)C2)c2cccnc21. The Hall–Kier alpha value is -2.93. The number of fused-ring (bicyclic) bond motifs is 1. The van der Waals surface area contributed by atoms with Crippen molar-refractivity contribution < 1.29 is 9.53 Å². The average Bonchev–Trinajstić information content (AvgIpc) is 3.32. The number of likely N-dealkylation sites (N-methyl/N-ethyl adjacent to an activating group) is 1. The maximum atomic E-state index is 12.6. The van der Waals surface area contributed by atoms with E-state index < -0.39 is 0 Å². The highest BCUT2D eigenvalue weighted by atomic mass is 16.5. The first-order chi connectivity index (χ1) is 14.2. The summed E-state index contributed by atoms with van der Waals surface area (Å²) < 4.78 is 7.47. The number of rotatable bonds is 7. The van der Waals surface area contributed by atoms with Crippen molar-refractivity contribution in [1.29, 1.82) is 0 Å². The van der Waals surface area contributed by atoms with Gasteiger partial charge in [-0.3, -0.25) is 4.79 Å². The molecule has 7 heteroatoms. The van der Waals surface area contributed by atoms with E-state index in [0.717, 1.165) is 36.2 Å². The van der Waals surface area contributed by atoms with Crippen LogP contribution in [0.1, 0.15) is 35.3 Å². The first-order valence-electron chi connectivity index (χ1n) is 10.2. The largest absolute Gasteiger partial charge is 0.493 e. The molecule has 1 aliphatic heterocycles. The van der Waals surface area contributed by atoms with Crippen molar-refractivity contribution in [2.24, 2.45) is 0 Å². The van der Waals surface area contributed by atoms with Gasteiger partial charge < -0.3 is 15.0 Å². The van der Waals surface area contributed by atoms with Gasteiger partial charge in [0.2, 0.25) is 0 Å². The zero-order chi connectivity index (χ0) is 20.2. The molecule has 0 radical (unpaired) electrons. The lowest BCUT2D eigenvalue weighted by Crippen LogP contribution is -2.28. The first-order valence-corrected chi connectivity index (χ1v) is 10.2. The van der Waals surface area contributed by atoms with E-state index in [9.17, 15) is 4.79 Å². The molecule has 0 spiro atoms. The van der Waals surface area contributed by atoms with E-state index in [-0.39, 0.29) is 5.91 Å². The molecule has 0 saturated carbocycles. The summed E-state index contributed by atoms with van der Waals surface area (Å²) >= 11 is 0. The number of ether oxygens (including phenoxy) is 1. The molecular weight excluding hydrogens is 366 g/mol. The third-order valence-electron chi connectivity index (χ3n) is 5.35. The number of aromatic nitrogens is 3. The maximum absolute atomic E-state index is 12.6. The van der Waals surface area contributed by atoms with E-state index in [4.69, 9.17) is 9.84 Å². The summed E-state index contributed by atoms with van der Waals surface area (Å²) in [7, 11) is 2.15. The van der Waals surface area contributed by atoms with Crippen LogP contribution in [0.15, 0.2) is 42.6 Å². The summed E-state index contributed by atoms with van der Waals surface area (Å²) in [6.45, 7) is 5.58. The molecule has 1 amide bonds. The average molecular weight is 393 g/mol. The Morgan fingerprint density at radius 3 is 2.93 bits per heavy atom. The molecular formula is C22H27N5O2. The van der Waals surface area contributed by atoms with E-state index in [0.29, 0.717) is 36.9 Å². The van der Waals surface area contributed by atoms with Crippen LogP contribution < -0.4 is 10.1 Å². The lowest BCUT2D eigenvalue weighted by atomic mass is 10.0. The monoisotopic (exact) mass is 393 g/mol. The molecule has 1 aliphatic rings. The van der Waals surface area contributed by atoms with Crippen LogP contribution in [0.5, 0.6) is 5.75 Å². The van der Waals surface area contributed by atoms with Crippen molar-refractivity contribution in [2.75, 3.05) is 33.3 Å². The van der Waals surface area contributed by atoms with Crippen molar-refractivity contribution in [2.45, 2.75) is 25.8 Å². The molecule has 1 unspecified atom stereocenters. The van der Waals surface area contributed by atoms with Gasteiger partial charge in [0.25, 0.3) is 5.91 Å². The summed E-state index contributed by atoms with van der Waals surface area (Å²) in [5, 5.41) is 8.97. The summed E-state index contributed by atoms with van der Waals surface area (Å²) in [4.78, 5) is 19.5. The summed E-state index contributed by atoms with van der Waals surface area (Å²) in [6, 6.07) is 11.4. The van der Waals surface area contributed by atoms with Crippen molar-refractivity contribution in [1.82, 2.24) is 25.0 Å². The minimum atomic E-state index is -0.142. The Morgan fingerprint density at radius 2 is 2.14 bits per heavy atom. The van der Waals surface area contributed by atoms with Gasteiger partial charge in [0, 0.05) is 30.6 Å². The van der Waals surface area contributed by atoms with Crippen molar-refractivity contribution in [3.63, 3.8) is 0 Å². The number of likely N-dealkylation sites (tertiary alicyclic amines) is 1. The van der Waals surface area contributed by atoms with E-state index in [1.54, 1.807) is 12.3 Å². The number of hydrogen-bond donors (Lipinski definition) is 1. The standard InChI is InChI=1S/C22H27N5O2/c1-3-29-19-9-5-4-7-17(19)22(28)24-12-14-27-21-18(8-6-11-23-21)20(25-27)16-10-13-26(2)15-16/h4-9,11,16H,3,10,12-15H2,1-2H3,(H,24,28). The second-order valence-electron chi connectivity index (χ2n) is 7.42. The molecule has 1 aromatic carbocycles. The minimum absolute atomic E-state index is 0.142. The van der Waals surface area contributed by atoms with Crippen molar-refractivity contribution >= 4 is 16.9 Å². The third-order valence-corrected chi connectivity index (χ3v) is 5.35. The number of para-hydroxylation sites is 1. The van der Waals surface area contributed by atoms with Crippen LogP contribution in [0.4, 0.5) is 0 Å². The van der Waals surface area contributed by atoms with Crippen LogP contribution in [-0.4, -0.2) is 58.9 Å². The second kappa shape index (κ2) is 8.61. The quantitative estimate of drug-likeness (QED) is 0.668. The number of carbonyl (C=O) groups excluding carboxylic acids is 1. The Balaban J connectivity index is 1.47. The molecule has 0 bridgehead atoms. The highest BCUT2D eigenvalue weighted by Gasteiger charge is 2.26. The van der Waals surface area contributed by atoms with Gasteiger partial charge in [-0.05, 0) is 51.2 Å². The fraction of sp³-hybridized carbons (Fsp3) is 0.409. The summed E-state index contributed by atoms with van der Waals surface area (Å²) in [5.41, 5.74) is 2.54. The summed E-state index contributed by atoms with van der Waals surface area (Å²) in [6.07, 6.45) is 2.91. The van der Waals surface area contributed by atoms with E-state index in [1.165, 1.54) is 0 Å². The van der Waals surface area contributed by atoms with Crippen LogP contribution in [0.3, 0.4) is 0 Å². The molecule has 4 rings (SSSR count). The summed E-state index contributed by atoms with van der Waals surface area (Å²) in [5.74, 6) is 0.892. The van der Waals surface area contributed by atoms with Crippen molar-refractivity contribution in [3.05, 3.63) is 53.9 Å². The fourth-order valence-electron chi connectivity index (χ4n) is 3.96. The van der Waals surface area contributed by atoms with Crippen LogP contribution in [0.2, 0.25) is 0 Å². The van der Waals surface area contributed by atoms with Gasteiger partial charge in [-0.2, -0.15) is 5.10 Å². The van der Waals surface area contributed by atoms with Gasteiger partial charge in [-0.1, -0.05) is 12.1 Å². The molecule has 152 valence electrons. The lowest BCUT2D eigenvalue weighted by molar-refractivity contribution is 0.0948. The highest BCUT2D eigenvalue weighted by Crippen LogP contribution is 2.30. The number of nitrogens with one attached hydrogen (secondary N) is 1. The molecule has 1 saturated heterocycles. The van der Waals surface area contributed by atoms with Crippen LogP contribution in [0, 0.1) is 0 Å². The zero-order valence-corrected chi connectivity index (χ0v) is 17.0. The Morgan fingerprint density at radius 1 is 1.28 bits per heavy atom. The predicted octanol–water partition coefficient (Wildman–Crippen LogP) is 2.68. The van der Waals surface area contributed by atoms with Crippen LogP contribution in [0.25, 0.3) is 11.0 Å². The van der Waals surface area contributed by atoms with Gasteiger partial charge in [-0.25, -0.2) is 9.67 Å².